The van der Waals surface area contributed by atoms with Crippen molar-refractivity contribution in [3.05, 3.63) is 51.1 Å². The van der Waals surface area contributed by atoms with Crippen LogP contribution < -0.4 is 10.1 Å². The van der Waals surface area contributed by atoms with Gasteiger partial charge < -0.3 is 14.5 Å². The lowest BCUT2D eigenvalue weighted by Crippen LogP contribution is -2.22. The number of benzene rings is 1. The first-order valence-electron chi connectivity index (χ1n) is 6.53. The molecular weight excluding hydrogens is 361 g/mol. The third kappa shape index (κ3) is 4.46. The van der Waals surface area contributed by atoms with E-state index >= 15 is 0 Å². The van der Waals surface area contributed by atoms with Crippen LogP contribution in [0.4, 0.5) is 4.39 Å². The Labute approximate surface area is 136 Å². The smallest absolute Gasteiger partial charge is 0.146 e. The molecule has 3 nitrogen and oxygen atoms in total. The monoisotopic (exact) mass is 375 g/mol. The molecule has 0 saturated carbocycles. The Kier molecular flexibility index (Phi) is 5.67. The van der Waals surface area contributed by atoms with Crippen LogP contribution >= 0.6 is 27.5 Å². The maximum atomic E-state index is 13.4. The zero-order chi connectivity index (χ0) is 15.4. The molecule has 114 valence electrons. The Morgan fingerprint density at radius 3 is 2.90 bits per heavy atom. The average Bonchev–Trinajstić information content (AvgIpc) is 2.86. The minimum atomic E-state index is -0.518. The number of halogens is 3. The molecule has 0 spiro atoms. The Bertz CT molecular complexity index is 616. The van der Waals surface area contributed by atoms with Gasteiger partial charge in [-0.25, -0.2) is 4.39 Å². The molecular formula is C15H16BrClFNO2. The summed E-state index contributed by atoms with van der Waals surface area (Å²) in [5, 5.41) is 3.36. The van der Waals surface area contributed by atoms with E-state index in [-0.39, 0.29) is 11.6 Å². The van der Waals surface area contributed by atoms with E-state index in [2.05, 4.69) is 35.1 Å². The van der Waals surface area contributed by atoms with E-state index < -0.39 is 5.82 Å². The number of furan rings is 1. The molecule has 0 unspecified atom stereocenters. The second-order valence-corrected chi connectivity index (χ2v) is 6.15. The van der Waals surface area contributed by atoms with Gasteiger partial charge in [-0.05, 0) is 28.1 Å². The Hall–Kier alpha value is -1.04. The summed E-state index contributed by atoms with van der Waals surface area (Å²) in [6, 6.07) is 5.00. The van der Waals surface area contributed by atoms with Crippen molar-refractivity contribution < 1.29 is 13.5 Å². The van der Waals surface area contributed by atoms with Crippen LogP contribution in [0.2, 0.25) is 5.02 Å². The van der Waals surface area contributed by atoms with Crippen molar-refractivity contribution >= 4 is 27.5 Å². The van der Waals surface area contributed by atoms with Gasteiger partial charge in [0.1, 0.15) is 23.9 Å². The summed E-state index contributed by atoms with van der Waals surface area (Å²) in [6.45, 7) is 5.07. The normalized spacial score (nSPS) is 11.1. The highest BCUT2D eigenvalue weighted by Gasteiger charge is 2.11. The van der Waals surface area contributed by atoms with Crippen molar-refractivity contribution in [1.82, 2.24) is 5.32 Å². The fourth-order valence-corrected chi connectivity index (χ4v) is 2.48. The lowest BCUT2D eigenvalue weighted by molar-refractivity contribution is 0.265. The first-order valence-corrected chi connectivity index (χ1v) is 7.70. The molecule has 1 aromatic carbocycles. The van der Waals surface area contributed by atoms with E-state index in [1.165, 1.54) is 12.1 Å². The number of hydrogen-bond donors (Lipinski definition) is 1. The van der Waals surface area contributed by atoms with Gasteiger partial charge in [-0.1, -0.05) is 25.4 Å². The van der Waals surface area contributed by atoms with Crippen molar-refractivity contribution in [2.24, 2.45) is 0 Å². The predicted molar refractivity (Wildman–Crippen MR) is 84.1 cm³/mol. The second kappa shape index (κ2) is 7.29. The summed E-state index contributed by atoms with van der Waals surface area (Å²) < 4.78 is 25.1. The van der Waals surface area contributed by atoms with Gasteiger partial charge >= 0.3 is 0 Å². The van der Waals surface area contributed by atoms with Crippen molar-refractivity contribution in [3.63, 3.8) is 0 Å². The summed E-state index contributed by atoms with van der Waals surface area (Å²) in [5.74, 6) is 0.581. The summed E-state index contributed by atoms with van der Waals surface area (Å²) >= 11 is 8.99. The van der Waals surface area contributed by atoms with Gasteiger partial charge in [0.25, 0.3) is 0 Å². The fourth-order valence-electron chi connectivity index (χ4n) is 1.72. The molecule has 0 amide bonds. The Morgan fingerprint density at radius 2 is 2.19 bits per heavy atom. The first-order chi connectivity index (χ1) is 9.97. The molecule has 0 aliphatic heterocycles. The summed E-state index contributed by atoms with van der Waals surface area (Å²) in [7, 11) is 0. The molecule has 0 atom stereocenters. The van der Waals surface area contributed by atoms with Crippen LogP contribution in [-0.2, 0) is 13.2 Å². The van der Waals surface area contributed by atoms with Crippen LogP contribution in [-0.4, -0.2) is 6.04 Å². The van der Waals surface area contributed by atoms with E-state index in [0.717, 1.165) is 5.56 Å². The van der Waals surface area contributed by atoms with Gasteiger partial charge in [-0.15, -0.1) is 0 Å². The van der Waals surface area contributed by atoms with Crippen LogP contribution in [0, 0.1) is 5.82 Å². The van der Waals surface area contributed by atoms with Crippen molar-refractivity contribution in [2.75, 3.05) is 0 Å². The highest BCUT2D eigenvalue weighted by molar-refractivity contribution is 9.10. The number of hydrogen-bond acceptors (Lipinski definition) is 3. The molecule has 21 heavy (non-hydrogen) atoms. The van der Waals surface area contributed by atoms with Gasteiger partial charge in [0.05, 0.1) is 15.8 Å². The zero-order valence-electron chi connectivity index (χ0n) is 11.8. The van der Waals surface area contributed by atoms with E-state index in [4.69, 9.17) is 20.8 Å². The van der Waals surface area contributed by atoms with Gasteiger partial charge in [0, 0.05) is 24.2 Å². The van der Waals surface area contributed by atoms with Crippen LogP contribution in [0.1, 0.15) is 25.2 Å². The van der Waals surface area contributed by atoms with Crippen molar-refractivity contribution in [3.8, 4) is 5.75 Å². The molecule has 0 saturated heterocycles. The van der Waals surface area contributed by atoms with Crippen LogP contribution in [0.5, 0.6) is 5.75 Å². The van der Waals surface area contributed by atoms with Gasteiger partial charge in [-0.3, -0.25) is 0 Å². The molecule has 0 radical (unpaired) electrons. The second-order valence-electron chi connectivity index (χ2n) is 4.89. The molecule has 1 heterocycles. The van der Waals surface area contributed by atoms with E-state index in [1.54, 1.807) is 6.26 Å². The summed E-state index contributed by atoms with van der Waals surface area (Å²) in [6.07, 6.45) is 1.62. The Balaban J connectivity index is 2.03. The minimum Gasteiger partial charge on any atom is -0.484 e. The largest absolute Gasteiger partial charge is 0.484 e. The van der Waals surface area contributed by atoms with Gasteiger partial charge in [-0.2, -0.15) is 0 Å². The molecule has 1 aromatic heterocycles. The predicted octanol–water partition coefficient (Wildman–Crippen LogP) is 4.91. The van der Waals surface area contributed by atoms with Crippen LogP contribution in [0.3, 0.4) is 0 Å². The quantitative estimate of drug-likeness (QED) is 0.727. The number of ether oxygens (including phenoxy) is 1. The summed E-state index contributed by atoms with van der Waals surface area (Å²) in [4.78, 5) is 0. The highest BCUT2D eigenvalue weighted by Crippen LogP contribution is 2.31. The standard InChI is InChI=1S/C15H16BrClFNO2/c1-9(2)19-7-10-3-4-20-15(10)8-21-14-6-13(18)12(17)5-11(14)16/h3-6,9,19H,7-8H2,1-2H3. The lowest BCUT2D eigenvalue weighted by Gasteiger charge is -2.10. The number of rotatable bonds is 6. The van der Waals surface area contributed by atoms with Gasteiger partial charge in [0.2, 0.25) is 0 Å². The van der Waals surface area contributed by atoms with Crippen molar-refractivity contribution in [2.45, 2.75) is 33.0 Å². The SMILES string of the molecule is CC(C)NCc1ccoc1COc1cc(F)c(Cl)cc1Br. The topological polar surface area (TPSA) is 34.4 Å². The van der Waals surface area contributed by atoms with Crippen molar-refractivity contribution in [1.29, 1.82) is 0 Å². The third-order valence-corrected chi connectivity index (χ3v) is 3.78. The Morgan fingerprint density at radius 1 is 1.43 bits per heavy atom. The molecule has 0 aliphatic carbocycles. The molecule has 0 fully saturated rings. The average molecular weight is 377 g/mol. The number of nitrogens with one attached hydrogen (secondary N) is 1. The maximum absolute atomic E-state index is 13.4. The fraction of sp³-hybridized carbons (Fsp3) is 0.333. The molecule has 0 bridgehead atoms. The molecule has 2 aromatic rings. The molecule has 6 heteroatoms. The summed E-state index contributed by atoms with van der Waals surface area (Å²) in [5.41, 5.74) is 1.02. The molecule has 2 rings (SSSR count). The van der Waals surface area contributed by atoms with Crippen LogP contribution in [0.25, 0.3) is 0 Å². The third-order valence-electron chi connectivity index (χ3n) is 2.87. The molecule has 0 aliphatic rings. The van der Waals surface area contributed by atoms with E-state index in [0.29, 0.717) is 28.6 Å². The van der Waals surface area contributed by atoms with E-state index in [9.17, 15) is 4.39 Å². The van der Waals surface area contributed by atoms with Crippen LogP contribution in [0.15, 0.2) is 33.4 Å². The maximum Gasteiger partial charge on any atom is 0.146 e. The zero-order valence-corrected chi connectivity index (χ0v) is 14.1. The highest BCUT2D eigenvalue weighted by atomic mass is 79.9. The first kappa shape index (κ1) is 16.3. The minimum absolute atomic E-state index is 0.0500. The van der Waals surface area contributed by atoms with Gasteiger partial charge in [0.15, 0.2) is 0 Å². The molecule has 1 N–H and O–H groups in total. The van der Waals surface area contributed by atoms with E-state index in [1.807, 2.05) is 6.07 Å². The lowest BCUT2D eigenvalue weighted by atomic mass is 10.2.